The van der Waals surface area contributed by atoms with E-state index >= 15 is 0 Å². The Morgan fingerprint density at radius 3 is 0.939 bits per heavy atom. The zero-order valence-electron chi connectivity index (χ0n) is 18.9. The monoisotopic (exact) mass is 464 g/mol. The Hall–Kier alpha value is -2.26. The van der Waals surface area contributed by atoms with Crippen molar-refractivity contribution in [1.29, 1.82) is 0 Å². The van der Waals surface area contributed by atoms with E-state index < -0.39 is 15.8 Å². The summed E-state index contributed by atoms with van der Waals surface area (Å²) in [5.74, 6) is 1.70. The predicted octanol–water partition coefficient (Wildman–Crippen LogP) is 6.42. The van der Waals surface area contributed by atoms with Gasteiger partial charge in [0.2, 0.25) is 0 Å². The average Bonchev–Trinajstić information content (AvgIpc) is 3.50. The van der Waals surface area contributed by atoms with E-state index in [9.17, 15) is 0 Å². The van der Waals surface area contributed by atoms with Crippen molar-refractivity contribution in [2.45, 2.75) is 30.6 Å². The minimum absolute atomic E-state index is 0.403. The fourth-order valence-electron chi connectivity index (χ4n) is 6.30. The van der Waals surface area contributed by atoms with Gasteiger partial charge in [0, 0.05) is 0 Å². The van der Waals surface area contributed by atoms with Crippen LogP contribution in [-0.2, 0) is 0 Å². The van der Waals surface area contributed by atoms with E-state index in [0.717, 1.165) is 23.2 Å². The van der Waals surface area contributed by atoms with Crippen molar-refractivity contribution in [1.82, 2.24) is 0 Å². The van der Waals surface area contributed by atoms with E-state index in [4.69, 9.17) is 0 Å². The Kier molecular flexibility index (Phi) is 6.15. The molecular weight excluding hydrogens is 434 g/mol. The van der Waals surface area contributed by atoms with Crippen molar-refractivity contribution in [2.24, 2.45) is 11.8 Å². The molecule has 2 heteroatoms. The van der Waals surface area contributed by atoms with Gasteiger partial charge in [-0.15, -0.1) is 0 Å². The van der Waals surface area contributed by atoms with Crippen LogP contribution < -0.4 is 21.2 Å². The Labute approximate surface area is 200 Å². The fourth-order valence-corrected chi connectivity index (χ4v) is 13.5. The van der Waals surface area contributed by atoms with Crippen LogP contribution in [0.4, 0.5) is 0 Å². The van der Waals surface area contributed by atoms with E-state index in [-0.39, 0.29) is 0 Å². The van der Waals surface area contributed by atoms with Gasteiger partial charge in [0.15, 0.2) is 0 Å². The summed E-state index contributed by atoms with van der Waals surface area (Å²) in [5, 5.41) is 6.21. The van der Waals surface area contributed by atoms with E-state index in [1.165, 1.54) is 19.3 Å². The molecule has 0 radical (unpaired) electrons. The lowest BCUT2D eigenvalue weighted by Gasteiger charge is -2.42. The molecule has 0 aromatic heterocycles. The van der Waals surface area contributed by atoms with Crippen LogP contribution in [0, 0.1) is 11.8 Å². The van der Waals surface area contributed by atoms with Crippen molar-refractivity contribution >= 4 is 37.1 Å². The second-order valence-corrected chi connectivity index (χ2v) is 14.1. The van der Waals surface area contributed by atoms with Gasteiger partial charge in [0.1, 0.15) is 0 Å². The highest BCUT2D eigenvalue weighted by Gasteiger charge is 2.54. The SMILES string of the molecule is c1ccc(P(c2ccccc2)[C@H]2C3CCC(C3)[C@@H]2P(c2ccccc2)c2ccccc2)cc1. The van der Waals surface area contributed by atoms with Crippen molar-refractivity contribution in [2.75, 3.05) is 0 Å². The third kappa shape index (κ3) is 4.10. The molecule has 4 aromatic rings. The lowest BCUT2D eigenvalue weighted by Crippen LogP contribution is -2.39. The molecule has 0 nitrogen and oxygen atoms in total. The molecular formula is C31H30P2. The maximum atomic E-state index is 2.40. The van der Waals surface area contributed by atoms with Crippen molar-refractivity contribution in [3.05, 3.63) is 121 Å². The van der Waals surface area contributed by atoms with E-state index in [1.807, 2.05) is 0 Å². The van der Waals surface area contributed by atoms with Crippen molar-refractivity contribution in [3.8, 4) is 0 Å². The second-order valence-electron chi connectivity index (χ2n) is 9.40. The lowest BCUT2D eigenvalue weighted by atomic mass is 9.99. The third-order valence-corrected chi connectivity index (χ3v) is 13.9. The Morgan fingerprint density at radius 1 is 0.394 bits per heavy atom. The van der Waals surface area contributed by atoms with E-state index in [0.29, 0.717) is 0 Å². The standard InChI is InChI=1S/C31H30P2/c1-5-13-26(14-6-1)32(27-15-7-2-8-16-27)30-24-21-22-25(23-24)31(30)33(28-17-9-3-10-18-28)29-19-11-4-12-20-29/h1-20,24-25,30-31H,21-23H2/t24?,25?,30-,31-/m0/s1. The third-order valence-electron chi connectivity index (χ3n) is 7.56. The highest BCUT2D eigenvalue weighted by atomic mass is 31.1. The number of hydrogen-bond donors (Lipinski definition) is 0. The number of fused-ring (bicyclic) bond motifs is 2. The highest BCUT2D eigenvalue weighted by Crippen LogP contribution is 2.66. The first kappa shape index (κ1) is 21.3. The van der Waals surface area contributed by atoms with Gasteiger partial charge in [0.25, 0.3) is 0 Å². The topological polar surface area (TPSA) is 0 Å². The molecule has 0 spiro atoms. The molecule has 0 heterocycles. The molecule has 4 aromatic carbocycles. The summed E-state index contributed by atoms with van der Waals surface area (Å²) in [5.41, 5.74) is 1.49. The van der Waals surface area contributed by atoms with Crippen molar-refractivity contribution in [3.63, 3.8) is 0 Å². The Morgan fingerprint density at radius 2 is 0.667 bits per heavy atom. The molecule has 2 aliphatic rings. The molecule has 6 rings (SSSR count). The van der Waals surface area contributed by atoms with Crippen LogP contribution in [0.15, 0.2) is 121 Å². The summed E-state index contributed by atoms with van der Waals surface area (Å²) in [6, 6.07) is 45.8. The zero-order chi connectivity index (χ0) is 22.0. The molecule has 2 bridgehead atoms. The number of hydrogen-bond acceptors (Lipinski definition) is 0. The van der Waals surface area contributed by atoms with Gasteiger partial charge in [-0.2, -0.15) is 0 Å². The Balaban J connectivity index is 1.51. The maximum Gasteiger partial charge on any atom is -0.00240 e. The summed E-state index contributed by atoms with van der Waals surface area (Å²) in [7, 11) is -0.806. The number of benzene rings is 4. The minimum Gasteiger partial charge on any atom is -0.0622 e. The van der Waals surface area contributed by atoms with Crippen LogP contribution in [0.2, 0.25) is 0 Å². The molecule has 2 unspecified atom stereocenters. The summed E-state index contributed by atoms with van der Waals surface area (Å²) < 4.78 is 0. The minimum atomic E-state index is -0.403. The second kappa shape index (κ2) is 9.54. The lowest BCUT2D eigenvalue weighted by molar-refractivity contribution is 0.498. The van der Waals surface area contributed by atoms with Crippen LogP contribution in [0.5, 0.6) is 0 Å². The normalized spacial score (nSPS) is 23.9. The molecule has 33 heavy (non-hydrogen) atoms. The van der Waals surface area contributed by atoms with Crippen LogP contribution in [-0.4, -0.2) is 11.3 Å². The van der Waals surface area contributed by atoms with Crippen LogP contribution >= 0.6 is 15.8 Å². The maximum absolute atomic E-state index is 2.40. The predicted molar refractivity (Wildman–Crippen MR) is 147 cm³/mol. The summed E-state index contributed by atoms with van der Waals surface area (Å²) in [6.07, 6.45) is 4.25. The molecule has 0 amide bonds. The molecule has 2 saturated carbocycles. The Bertz CT molecular complexity index is 987. The summed E-state index contributed by atoms with van der Waals surface area (Å²) >= 11 is 0. The van der Waals surface area contributed by atoms with E-state index in [1.54, 1.807) is 21.2 Å². The van der Waals surface area contributed by atoms with E-state index in [2.05, 4.69) is 121 Å². The largest absolute Gasteiger partial charge is 0.0622 e. The first-order valence-electron chi connectivity index (χ1n) is 12.2. The highest BCUT2D eigenvalue weighted by molar-refractivity contribution is 7.77. The fraction of sp³-hybridized carbons (Fsp3) is 0.226. The van der Waals surface area contributed by atoms with Crippen LogP contribution in [0.25, 0.3) is 0 Å². The van der Waals surface area contributed by atoms with Gasteiger partial charge in [-0.3, -0.25) is 0 Å². The van der Waals surface area contributed by atoms with Gasteiger partial charge in [-0.05, 0) is 79.5 Å². The molecule has 0 saturated heterocycles. The van der Waals surface area contributed by atoms with Gasteiger partial charge in [-0.1, -0.05) is 121 Å². The molecule has 2 fully saturated rings. The van der Waals surface area contributed by atoms with Crippen LogP contribution in [0.1, 0.15) is 19.3 Å². The molecule has 4 atom stereocenters. The first-order valence-corrected chi connectivity index (χ1v) is 15.0. The molecule has 2 aliphatic carbocycles. The first-order chi connectivity index (χ1) is 16.4. The quantitative estimate of drug-likeness (QED) is 0.289. The number of rotatable bonds is 6. The molecule has 164 valence electrons. The van der Waals surface area contributed by atoms with Crippen LogP contribution in [0.3, 0.4) is 0 Å². The van der Waals surface area contributed by atoms with Gasteiger partial charge >= 0.3 is 0 Å². The average molecular weight is 465 g/mol. The summed E-state index contributed by atoms with van der Waals surface area (Å²) in [4.78, 5) is 0. The van der Waals surface area contributed by atoms with Gasteiger partial charge in [0.05, 0.1) is 0 Å². The zero-order valence-corrected chi connectivity index (χ0v) is 20.7. The van der Waals surface area contributed by atoms with Gasteiger partial charge < -0.3 is 0 Å². The summed E-state index contributed by atoms with van der Waals surface area (Å²) in [6.45, 7) is 0. The smallest absolute Gasteiger partial charge is 0.00240 e. The molecule has 0 aliphatic heterocycles. The van der Waals surface area contributed by atoms with Gasteiger partial charge in [-0.25, -0.2) is 0 Å². The van der Waals surface area contributed by atoms with Crippen molar-refractivity contribution < 1.29 is 0 Å². The molecule has 0 N–H and O–H groups in total.